The number of carbonyl (C=O) groups is 2. The van der Waals surface area contributed by atoms with E-state index in [0.717, 1.165) is 0 Å². The second-order valence-electron chi connectivity index (χ2n) is 4.11. The Morgan fingerprint density at radius 1 is 1.61 bits per heavy atom. The second kappa shape index (κ2) is 5.99. The number of carboxylic acid groups (broad SMARTS) is 1. The molecule has 0 aliphatic rings. The molecule has 1 aromatic heterocycles. The lowest BCUT2D eigenvalue weighted by Crippen LogP contribution is -2.40. The van der Waals surface area contributed by atoms with E-state index in [9.17, 15) is 9.59 Å². The van der Waals surface area contributed by atoms with Crippen molar-refractivity contribution in [3.63, 3.8) is 0 Å². The van der Waals surface area contributed by atoms with Crippen LogP contribution >= 0.6 is 0 Å². The van der Waals surface area contributed by atoms with Gasteiger partial charge in [0.2, 0.25) is 0 Å². The van der Waals surface area contributed by atoms with Gasteiger partial charge in [0.25, 0.3) is 0 Å². The van der Waals surface area contributed by atoms with Gasteiger partial charge in [-0.15, -0.1) is 0 Å². The first-order valence-corrected chi connectivity index (χ1v) is 5.46. The Kier molecular flexibility index (Phi) is 4.64. The molecule has 1 aromatic rings. The molecule has 100 valence electrons. The Bertz CT molecular complexity index is 431. The van der Waals surface area contributed by atoms with Crippen molar-refractivity contribution in [1.29, 1.82) is 0 Å². The lowest BCUT2D eigenvalue weighted by atomic mass is 10.2. The lowest BCUT2D eigenvalue weighted by molar-refractivity contribution is -0.141. The van der Waals surface area contributed by atoms with Crippen molar-refractivity contribution < 1.29 is 14.7 Å². The van der Waals surface area contributed by atoms with E-state index in [1.54, 1.807) is 21.0 Å². The van der Waals surface area contributed by atoms with Gasteiger partial charge in [-0.1, -0.05) is 6.92 Å². The van der Waals surface area contributed by atoms with Gasteiger partial charge in [-0.2, -0.15) is 5.10 Å². The molecule has 0 spiro atoms. The van der Waals surface area contributed by atoms with Crippen molar-refractivity contribution in [3.8, 4) is 0 Å². The van der Waals surface area contributed by atoms with E-state index in [-0.39, 0.29) is 19.1 Å². The summed E-state index contributed by atoms with van der Waals surface area (Å²) in [6, 6.07) is -0.351. The molecule has 0 saturated carbocycles. The van der Waals surface area contributed by atoms with Crippen molar-refractivity contribution in [2.45, 2.75) is 13.5 Å². The van der Waals surface area contributed by atoms with Crippen molar-refractivity contribution in [1.82, 2.24) is 25.0 Å². The molecule has 2 N–H and O–H groups in total. The molecule has 0 aromatic carbocycles. The standard InChI is InChI=1S/C10H17N5O3/c1-7(9(16)17)5-14(2)10(18)11-4-8-12-6-15(3)13-8/h6-7H,4-5H2,1-3H3,(H,11,18)(H,16,17). The van der Waals surface area contributed by atoms with Crippen LogP contribution in [0, 0.1) is 5.92 Å². The first-order valence-electron chi connectivity index (χ1n) is 5.46. The molecular formula is C10H17N5O3. The number of amides is 2. The van der Waals surface area contributed by atoms with Crippen LogP contribution in [0.3, 0.4) is 0 Å². The number of aromatic nitrogens is 3. The van der Waals surface area contributed by atoms with Crippen LogP contribution in [-0.4, -0.2) is 50.4 Å². The highest BCUT2D eigenvalue weighted by Crippen LogP contribution is 1.98. The fourth-order valence-electron chi connectivity index (χ4n) is 1.33. The molecule has 0 fully saturated rings. The zero-order valence-electron chi connectivity index (χ0n) is 10.6. The van der Waals surface area contributed by atoms with Gasteiger partial charge >= 0.3 is 12.0 Å². The SMILES string of the molecule is CC(CN(C)C(=O)NCc1ncn(C)n1)C(=O)O. The third kappa shape index (κ3) is 4.04. The summed E-state index contributed by atoms with van der Waals surface area (Å²) < 4.78 is 1.54. The molecule has 2 amide bonds. The number of urea groups is 1. The maximum Gasteiger partial charge on any atom is 0.317 e. The van der Waals surface area contributed by atoms with Gasteiger partial charge in [-0.25, -0.2) is 9.78 Å². The van der Waals surface area contributed by atoms with Gasteiger partial charge in [0.05, 0.1) is 12.5 Å². The van der Waals surface area contributed by atoms with E-state index in [1.165, 1.54) is 15.9 Å². The summed E-state index contributed by atoms with van der Waals surface area (Å²) in [5.41, 5.74) is 0. The number of carbonyl (C=O) groups excluding carboxylic acids is 1. The quantitative estimate of drug-likeness (QED) is 0.750. The number of hydrogen-bond acceptors (Lipinski definition) is 4. The van der Waals surface area contributed by atoms with Crippen molar-refractivity contribution in [2.24, 2.45) is 13.0 Å². The van der Waals surface area contributed by atoms with E-state index >= 15 is 0 Å². The Morgan fingerprint density at radius 2 is 2.28 bits per heavy atom. The third-order valence-electron chi connectivity index (χ3n) is 2.36. The molecule has 8 nitrogen and oxygen atoms in total. The first-order chi connectivity index (χ1) is 8.40. The maximum atomic E-state index is 11.6. The van der Waals surface area contributed by atoms with Gasteiger partial charge < -0.3 is 15.3 Å². The summed E-state index contributed by atoms with van der Waals surface area (Å²) in [5, 5.41) is 15.4. The molecule has 1 atom stereocenters. The topological polar surface area (TPSA) is 100 Å². The molecule has 0 bridgehead atoms. The summed E-state index contributed by atoms with van der Waals surface area (Å²) in [6.07, 6.45) is 1.54. The predicted molar refractivity (Wildman–Crippen MR) is 62.7 cm³/mol. The van der Waals surface area contributed by atoms with Crippen LogP contribution in [0.25, 0.3) is 0 Å². The smallest absolute Gasteiger partial charge is 0.317 e. The van der Waals surface area contributed by atoms with Gasteiger partial charge in [0.15, 0.2) is 5.82 Å². The molecule has 0 aliphatic carbocycles. The normalized spacial score (nSPS) is 11.9. The third-order valence-corrected chi connectivity index (χ3v) is 2.36. The Morgan fingerprint density at radius 3 is 2.78 bits per heavy atom. The largest absolute Gasteiger partial charge is 0.481 e. The van der Waals surface area contributed by atoms with Gasteiger partial charge in [0.1, 0.15) is 6.33 Å². The van der Waals surface area contributed by atoms with E-state index < -0.39 is 11.9 Å². The molecule has 1 rings (SSSR count). The number of nitrogens with zero attached hydrogens (tertiary/aromatic N) is 4. The summed E-state index contributed by atoms with van der Waals surface area (Å²) in [7, 11) is 3.28. The van der Waals surface area contributed by atoms with E-state index in [1.807, 2.05) is 0 Å². The first kappa shape index (κ1) is 13.9. The molecular weight excluding hydrogens is 238 g/mol. The van der Waals surface area contributed by atoms with Crippen LogP contribution in [0.5, 0.6) is 0 Å². The zero-order chi connectivity index (χ0) is 13.7. The average Bonchev–Trinajstić information content (AvgIpc) is 2.71. The minimum atomic E-state index is -0.930. The number of aliphatic carboxylic acids is 1. The highest BCUT2D eigenvalue weighted by atomic mass is 16.4. The van der Waals surface area contributed by atoms with Gasteiger partial charge in [-0.05, 0) is 0 Å². The molecule has 0 saturated heterocycles. The second-order valence-corrected chi connectivity index (χ2v) is 4.11. The van der Waals surface area contributed by atoms with Crippen LogP contribution in [0.15, 0.2) is 6.33 Å². The fourth-order valence-corrected chi connectivity index (χ4v) is 1.33. The minimum absolute atomic E-state index is 0.150. The zero-order valence-corrected chi connectivity index (χ0v) is 10.6. The molecule has 1 unspecified atom stereocenters. The number of carboxylic acids is 1. The van der Waals surface area contributed by atoms with Crippen LogP contribution in [-0.2, 0) is 18.4 Å². The maximum absolute atomic E-state index is 11.6. The number of rotatable bonds is 5. The van der Waals surface area contributed by atoms with Crippen molar-refractivity contribution >= 4 is 12.0 Å². The van der Waals surface area contributed by atoms with Crippen LogP contribution in [0.1, 0.15) is 12.7 Å². The minimum Gasteiger partial charge on any atom is -0.481 e. The van der Waals surface area contributed by atoms with Gasteiger partial charge in [0, 0.05) is 20.6 Å². The number of aryl methyl sites for hydroxylation is 1. The lowest BCUT2D eigenvalue weighted by Gasteiger charge is -2.19. The summed E-state index contributed by atoms with van der Waals surface area (Å²) >= 11 is 0. The van der Waals surface area contributed by atoms with Crippen LogP contribution in [0.2, 0.25) is 0 Å². The van der Waals surface area contributed by atoms with Crippen LogP contribution < -0.4 is 5.32 Å². The van der Waals surface area contributed by atoms with Crippen molar-refractivity contribution in [2.75, 3.05) is 13.6 Å². The molecule has 0 aliphatic heterocycles. The Hall–Kier alpha value is -2.12. The summed E-state index contributed by atoms with van der Waals surface area (Å²) in [4.78, 5) is 27.6. The highest BCUT2D eigenvalue weighted by Gasteiger charge is 2.17. The highest BCUT2D eigenvalue weighted by molar-refractivity contribution is 5.75. The Labute approximate surface area is 105 Å². The number of nitrogens with one attached hydrogen (secondary N) is 1. The summed E-state index contributed by atoms with van der Waals surface area (Å²) in [6.45, 7) is 1.91. The van der Waals surface area contributed by atoms with Crippen LogP contribution in [0.4, 0.5) is 4.79 Å². The monoisotopic (exact) mass is 255 g/mol. The summed E-state index contributed by atoms with van der Waals surface area (Å²) in [5.74, 6) is -1.03. The van der Waals surface area contributed by atoms with E-state index in [0.29, 0.717) is 5.82 Å². The Balaban J connectivity index is 2.38. The van der Waals surface area contributed by atoms with Gasteiger partial charge in [-0.3, -0.25) is 9.48 Å². The average molecular weight is 255 g/mol. The van der Waals surface area contributed by atoms with E-state index in [4.69, 9.17) is 5.11 Å². The van der Waals surface area contributed by atoms with Crippen molar-refractivity contribution in [3.05, 3.63) is 12.2 Å². The molecule has 18 heavy (non-hydrogen) atoms. The molecule has 8 heteroatoms. The number of hydrogen-bond donors (Lipinski definition) is 2. The predicted octanol–water partition coefficient (Wildman–Crippen LogP) is -0.323. The fraction of sp³-hybridized carbons (Fsp3) is 0.600. The van der Waals surface area contributed by atoms with E-state index in [2.05, 4.69) is 15.4 Å². The molecule has 0 radical (unpaired) electrons. The molecule has 1 heterocycles.